The van der Waals surface area contributed by atoms with Gasteiger partial charge in [0.15, 0.2) is 0 Å². The second kappa shape index (κ2) is 6.77. The van der Waals surface area contributed by atoms with Gasteiger partial charge in [-0.3, -0.25) is 0 Å². The van der Waals surface area contributed by atoms with Crippen LogP contribution < -0.4 is 5.73 Å². The summed E-state index contributed by atoms with van der Waals surface area (Å²) in [6.45, 7) is 0.326. The van der Waals surface area contributed by atoms with Crippen LogP contribution in [0.15, 0.2) is 0 Å². The van der Waals surface area contributed by atoms with Crippen LogP contribution in [0.4, 0.5) is 4.79 Å². The molecule has 5 heteroatoms. The van der Waals surface area contributed by atoms with Gasteiger partial charge < -0.3 is 15.2 Å². The first-order chi connectivity index (χ1) is 5.70. The lowest BCUT2D eigenvalue weighted by molar-refractivity contribution is 0.0456. The molecule has 0 aliphatic rings. The molecule has 0 saturated heterocycles. The van der Waals surface area contributed by atoms with E-state index in [1.165, 1.54) is 0 Å². The van der Waals surface area contributed by atoms with Crippen molar-refractivity contribution in [2.45, 2.75) is 6.10 Å². The Kier molecular flexibility index (Phi) is 6.25. The monoisotopic (exact) mass is 191 g/mol. The molecule has 0 bridgehead atoms. The predicted molar refractivity (Wildman–Crippen MR) is 44.8 cm³/mol. The second-order valence-corrected chi connectivity index (χ2v) is 2.24. The summed E-state index contributed by atoms with van der Waals surface area (Å²) < 4.78 is 9.44. The normalized spacial score (nSPS) is 11.7. The first kappa shape index (κ1) is 11.1. The molecule has 0 spiro atoms. The van der Waals surface area contributed by atoms with Gasteiger partial charge in [-0.2, -0.15) is 0 Å². The van der Waals surface area contributed by atoms with Crippen LogP contribution in [-0.4, -0.2) is 31.3 Å². The quantitative estimate of drug-likeness (QED) is 0.387. The van der Waals surface area contributed by atoms with Crippen LogP contribution in [0.3, 0.4) is 0 Å². The molecule has 0 aromatic carbocycles. The Morgan fingerprint density at radius 3 is 2.83 bits per heavy atom. The molecule has 68 valence electrons. The summed E-state index contributed by atoms with van der Waals surface area (Å²) in [6.07, 6.45) is 3.52. The summed E-state index contributed by atoms with van der Waals surface area (Å²) in [5, 5.41) is 0. The molecular formula is C7H10ClNO3. The van der Waals surface area contributed by atoms with Crippen LogP contribution >= 0.6 is 11.6 Å². The third kappa shape index (κ3) is 5.83. The maximum atomic E-state index is 10.2. The number of terminal acetylenes is 1. The van der Waals surface area contributed by atoms with E-state index in [2.05, 4.69) is 10.7 Å². The van der Waals surface area contributed by atoms with E-state index < -0.39 is 12.2 Å². The standard InChI is InChI=1S/C7H10ClNO3/c1-2-3-11-5-6(4-8)12-7(9)10/h1,6H,3-5H2,(H2,9,10). The molecule has 0 aromatic rings. The first-order valence-electron chi connectivity index (χ1n) is 3.24. The van der Waals surface area contributed by atoms with Gasteiger partial charge >= 0.3 is 6.09 Å². The van der Waals surface area contributed by atoms with Gasteiger partial charge in [0.2, 0.25) is 0 Å². The molecule has 0 saturated carbocycles. The highest BCUT2D eigenvalue weighted by atomic mass is 35.5. The van der Waals surface area contributed by atoms with Crippen molar-refractivity contribution in [1.29, 1.82) is 0 Å². The van der Waals surface area contributed by atoms with Crippen LogP contribution in [0.25, 0.3) is 0 Å². The zero-order chi connectivity index (χ0) is 9.40. The minimum Gasteiger partial charge on any atom is -0.443 e. The molecule has 0 heterocycles. The molecule has 12 heavy (non-hydrogen) atoms. The molecular weight excluding hydrogens is 182 g/mol. The lowest BCUT2D eigenvalue weighted by Gasteiger charge is -2.12. The van der Waals surface area contributed by atoms with E-state index in [0.717, 1.165) is 0 Å². The van der Waals surface area contributed by atoms with Gasteiger partial charge in [-0.05, 0) is 0 Å². The van der Waals surface area contributed by atoms with Gasteiger partial charge in [-0.1, -0.05) is 5.92 Å². The Balaban J connectivity index is 3.54. The molecule has 0 fully saturated rings. The van der Waals surface area contributed by atoms with E-state index >= 15 is 0 Å². The number of amides is 1. The maximum Gasteiger partial charge on any atom is 0.404 e. The number of hydrogen-bond acceptors (Lipinski definition) is 3. The van der Waals surface area contributed by atoms with Gasteiger partial charge in [-0.15, -0.1) is 18.0 Å². The first-order valence-corrected chi connectivity index (χ1v) is 3.77. The average Bonchev–Trinajstić information content (AvgIpc) is 2.02. The smallest absolute Gasteiger partial charge is 0.404 e. The third-order valence-electron chi connectivity index (χ3n) is 0.944. The number of rotatable bonds is 5. The minimum absolute atomic E-state index is 0.132. The van der Waals surface area contributed by atoms with Gasteiger partial charge in [0.25, 0.3) is 0 Å². The number of hydrogen-bond donors (Lipinski definition) is 1. The number of ether oxygens (including phenoxy) is 2. The maximum absolute atomic E-state index is 10.2. The van der Waals surface area contributed by atoms with Crippen LogP contribution in [0, 0.1) is 12.3 Å². The van der Waals surface area contributed by atoms with E-state index in [1.54, 1.807) is 0 Å². The van der Waals surface area contributed by atoms with Crippen LogP contribution in [0.1, 0.15) is 0 Å². The number of nitrogens with two attached hydrogens (primary N) is 1. The Labute approximate surface area is 76.0 Å². The fourth-order valence-electron chi connectivity index (χ4n) is 0.524. The summed E-state index contributed by atoms with van der Waals surface area (Å²) in [5.41, 5.74) is 4.76. The molecule has 4 nitrogen and oxygen atoms in total. The lowest BCUT2D eigenvalue weighted by atomic mass is 10.4. The summed E-state index contributed by atoms with van der Waals surface area (Å²) in [4.78, 5) is 10.2. The zero-order valence-electron chi connectivity index (χ0n) is 6.46. The van der Waals surface area contributed by atoms with Crippen molar-refractivity contribution in [3.8, 4) is 12.3 Å². The summed E-state index contributed by atoms with van der Waals surface area (Å²) in [5.74, 6) is 2.40. The van der Waals surface area contributed by atoms with E-state index in [4.69, 9.17) is 28.5 Å². The highest BCUT2D eigenvalue weighted by Gasteiger charge is 2.10. The SMILES string of the molecule is C#CCOCC(CCl)OC(N)=O. The molecule has 0 radical (unpaired) electrons. The Morgan fingerprint density at radius 1 is 1.75 bits per heavy atom. The Hall–Kier alpha value is -0.920. The van der Waals surface area contributed by atoms with Crippen molar-refractivity contribution in [1.82, 2.24) is 0 Å². The number of carbonyl (C=O) groups is 1. The predicted octanol–water partition coefficient (Wildman–Crippen LogP) is 0.339. The largest absolute Gasteiger partial charge is 0.443 e. The fraction of sp³-hybridized carbons (Fsp3) is 0.571. The minimum atomic E-state index is -0.870. The van der Waals surface area contributed by atoms with Gasteiger partial charge in [-0.25, -0.2) is 4.79 Å². The van der Waals surface area contributed by atoms with Crippen molar-refractivity contribution in [3.63, 3.8) is 0 Å². The van der Waals surface area contributed by atoms with Crippen molar-refractivity contribution in [2.24, 2.45) is 5.73 Å². The summed E-state index contributed by atoms with van der Waals surface area (Å²) in [7, 11) is 0. The molecule has 1 atom stereocenters. The van der Waals surface area contributed by atoms with E-state index in [-0.39, 0.29) is 19.1 Å². The Bertz CT molecular complexity index is 178. The van der Waals surface area contributed by atoms with Gasteiger partial charge in [0, 0.05) is 0 Å². The number of carbonyl (C=O) groups excluding carboxylic acids is 1. The third-order valence-corrected chi connectivity index (χ3v) is 1.29. The van der Waals surface area contributed by atoms with Gasteiger partial charge in [0.1, 0.15) is 12.7 Å². The highest BCUT2D eigenvalue weighted by Crippen LogP contribution is 1.96. The summed E-state index contributed by atoms with van der Waals surface area (Å²) in [6, 6.07) is 0. The number of alkyl halides is 1. The number of halogens is 1. The molecule has 1 unspecified atom stereocenters. The molecule has 0 aromatic heterocycles. The van der Waals surface area contributed by atoms with E-state index in [9.17, 15) is 4.79 Å². The van der Waals surface area contributed by atoms with Crippen LogP contribution in [0.2, 0.25) is 0 Å². The van der Waals surface area contributed by atoms with Crippen molar-refractivity contribution in [3.05, 3.63) is 0 Å². The molecule has 0 aliphatic carbocycles. The van der Waals surface area contributed by atoms with Crippen LogP contribution in [0.5, 0.6) is 0 Å². The number of primary amides is 1. The van der Waals surface area contributed by atoms with Crippen molar-refractivity contribution in [2.75, 3.05) is 19.1 Å². The van der Waals surface area contributed by atoms with E-state index in [1.807, 2.05) is 0 Å². The summed E-state index contributed by atoms with van der Waals surface area (Å²) >= 11 is 5.43. The van der Waals surface area contributed by atoms with Crippen LogP contribution in [-0.2, 0) is 9.47 Å². The Morgan fingerprint density at radius 2 is 2.42 bits per heavy atom. The fourth-order valence-corrected chi connectivity index (χ4v) is 0.676. The van der Waals surface area contributed by atoms with Gasteiger partial charge in [0.05, 0.1) is 12.5 Å². The van der Waals surface area contributed by atoms with E-state index in [0.29, 0.717) is 0 Å². The molecule has 0 aliphatic heterocycles. The second-order valence-electron chi connectivity index (χ2n) is 1.93. The highest BCUT2D eigenvalue weighted by molar-refractivity contribution is 6.18. The molecule has 2 N–H and O–H groups in total. The average molecular weight is 192 g/mol. The lowest BCUT2D eigenvalue weighted by Crippen LogP contribution is -2.28. The topological polar surface area (TPSA) is 61.6 Å². The van der Waals surface area contributed by atoms with Crippen molar-refractivity contribution >= 4 is 17.7 Å². The zero-order valence-corrected chi connectivity index (χ0v) is 7.21. The molecule has 0 rings (SSSR count). The van der Waals surface area contributed by atoms with Crippen molar-refractivity contribution < 1.29 is 14.3 Å². The molecule has 1 amide bonds.